The number of aromatic nitrogens is 1. The van der Waals surface area contributed by atoms with Gasteiger partial charge < -0.3 is 20.5 Å². The lowest BCUT2D eigenvalue weighted by Crippen LogP contribution is -2.49. The van der Waals surface area contributed by atoms with E-state index >= 15 is 0 Å². The molecule has 6 nitrogen and oxygen atoms in total. The van der Waals surface area contributed by atoms with Crippen LogP contribution in [0.3, 0.4) is 0 Å². The van der Waals surface area contributed by atoms with Gasteiger partial charge in [-0.25, -0.2) is 0 Å². The van der Waals surface area contributed by atoms with Gasteiger partial charge in [0.05, 0.1) is 24.9 Å². The SMILES string of the molecule is NC(=S)C1CN(C(=O)c2ccncc2O)CCO1. The molecule has 1 saturated heterocycles. The Hall–Kier alpha value is -1.73. The van der Waals surface area contributed by atoms with Crippen LogP contribution in [0.1, 0.15) is 10.4 Å². The average molecular weight is 267 g/mol. The summed E-state index contributed by atoms with van der Waals surface area (Å²) >= 11 is 4.85. The molecule has 7 heteroatoms. The Balaban J connectivity index is 2.14. The second-order valence-corrected chi connectivity index (χ2v) is 4.38. The quantitative estimate of drug-likeness (QED) is 0.728. The van der Waals surface area contributed by atoms with Crippen LogP contribution in [0.4, 0.5) is 0 Å². The smallest absolute Gasteiger partial charge is 0.257 e. The minimum absolute atomic E-state index is 0.138. The summed E-state index contributed by atoms with van der Waals surface area (Å²) in [5.41, 5.74) is 5.72. The first-order chi connectivity index (χ1) is 8.59. The molecule has 0 aliphatic carbocycles. The third-order valence-corrected chi connectivity index (χ3v) is 2.96. The molecular weight excluding hydrogens is 254 g/mol. The van der Waals surface area contributed by atoms with Crippen LogP contribution in [0.2, 0.25) is 0 Å². The van der Waals surface area contributed by atoms with E-state index in [4.69, 9.17) is 22.7 Å². The zero-order valence-corrected chi connectivity index (χ0v) is 10.4. The van der Waals surface area contributed by atoms with Gasteiger partial charge in [0.2, 0.25) is 0 Å². The highest BCUT2D eigenvalue weighted by Crippen LogP contribution is 2.18. The first kappa shape index (κ1) is 12.7. The van der Waals surface area contributed by atoms with Crippen molar-refractivity contribution in [2.75, 3.05) is 19.7 Å². The van der Waals surface area contributed by atoms with Crippen LogP contribution >= 0.6 is 12.2 Å². The summed E-state index contributed by atoms with van der Waals surface area (Å²) in [7, 11) is 0. The molecule has 1 aromatic rings. The highest BCUT2D eigenvalue weighted by Gasteiger charge is 2.27. The van der Waals surface area contributed by atoms with E-state index in [9.17, 15) is 9.90 Å². The van der Waals surface area contributed by atoms with Crippen LogP contribution in [0, 0.1) is 0 Å². The van der Waals surface area contributed by atoms with Crippen LogP contribution in [-0.2, 0) is 4.74 Å². The van der Waals surface area contributed by atoms with Crippen molar-refractivity contribution in [2.45, 2.75) is 6.10 Å². The number of hydrogen-bond donors (Lipinski definition) is 2. The number of morpholine rings is 1. The Bertz CT molecular complexity index is 480. The lowest BCUT2D eigenvalue weighted by Gasteiger charge is -2.32. The van der Waals surface area contributed by atoms with E-state index in [-0.39, 0.29) is 22.2 Å². The van der Waals surface area contributed by atoms with E-state index in [0.29, 0.717) is 19.7 Å². The molecule has 1 aliphatic rings. The predicted octanol–water partition coefficient (Wildman–Crippen LogP) is -0.0857. The molecule has 1 aromatic heterocycles. The minimum atomic E-state index is -0.429. The number of nitrogens with zero attached hydrogens (tertiary/aromatic N) is 2. The largest absolute Gasteiger partial charge is 0.505 e. The third-order valence-electron chi connectivity index (χ3n) is 2.70. The number of thiocarbonyl (C=S) groups is 1. The fraction of sp³-hybridized carbons (Fsp3) is 0.364. The summed E-state index contributed by atoms with van der Waals surface area (Å²) in [6.07, 6.45) is 2.26. The summed E-state index contributed by atoms with van der Waals surface area (Å²) in [5, 5.41) is 9.59. The van der Waals surface area contributed by atoms with Gasteiger partial charge in [0, 0.05) is 12.7 Å². The van der Waals surface area contributed by atoms with Crippen molar-refractivity contribution in [1.29, 1.82) is 0 Å². The lowest BCUT2D eigenvalue weighted by molar-refractivity contribution is 0.00864. The van der Waals surface area contributed by atoms with Crippen molar-refractivity contribution >= 4 is 23.1 Å². The fourth-order valence-electron chi connectivity index (χ4n) is 1.74. The monoisotopic (exact) mass is 267 g/mol. The van der Waals surface area contributed by atoms with Gasteiger partial charge in [-0.3, -0.25) is 9.78 Å². The van der Waals surface area contributed by atoms with E-state index in [0.717, 1.165) is 0 Å². The number of carbonyl (C=O) groups is 1. The van der Waals surface area contributed by atoms with E-state index in [1.54, 1.807) is 4.90 Å². The second kappa shape index (κ2) is 5.28. The Labute approximate surface area is 109 Å². The summed E-state index contributed by atoms with van der Waals surface area (Å²) < 4.78 is 5.35. The molecule has 0 bridgehead atoms. The normalized spacial score (nSPS) is 19.6. The van der Waals surface area contributed by atoms with Crippen LogP contribution in [0.5, 0.6) is 5.75 Å². The molecule has 1 fully saturated rings. The molecule has 0 spiro atoms. The molecule has 18 heavy (non-hydrogen) atoms. The number of rotatable bonds is 2. The third kappa shape index (κ3) is 2.57. The molecule has 0 saturated carbocycles. The molecule has 3 N–H and O–H groups in total. The number of pyridine rings is 1. The molecule has 1 amide bonds. The van der Waals surface area contributed by atoms with Crippen molar-refractivity contribution in [3.05, 3.63) is 24.0 Å². The molecule has 2 rings (SSSR count). The number of ether oxygens (including phenoxy) is 1. The van der Waals surface area contributed by atoms with Gasteiger partial charge in [-0.1, -0.05) is 12.2 Å². The fourth-order valence-corrected chi connectivity index (χ4v) is 1.89. The van der Waals surface area contributed by atoms with E-state index < -0.39 is 6.10 Å². The zero-order chi connectivity index (χ0) is 13.1. The van der Waals surface area contributed by atoms with Gasteiger partial charge in [-0.05, 0) is 6.07 Å². The predicted molar refractivity (Wildman–Crippen MR) is 68.3 cm³/mol. The second-order valence-electron chi connectivity index (χ2n) is 3.91. The molecule has 96 valence electrons. The van der Waals surface area contributed by atoms with Crippen LogP contribution in [0.25, 0.3) is 0 Å². The highest BCUT2D eigenvalue weighted by atomic mass is 32.1. The average Bonchev–Trinajstić information content (AvgIpc) is 2.38. The molecule has 1 aliphatic heterocycles. The minimum Gasteiger partial charge on any atom is -0.505 e. The highest BCUT2D eigenvalue weighted by molar-refractivity contribution is 7.80. The van der Waals surface area contributed by atoms with Crippen molar-refractivity contribution in [3.8, 4) is 5.75 Å². The van der Waals surface area contributed by atoms with Crippen molar-refractivity contribution in [3.63, 3.8) is 0 Å². The molecule has 2 heterocycles. The number of nitrogens with two attached hydrogens (primary N) is 1. The van der Waals surface area contributed by atoms with Gasteiger partial charge in [-0.15, -0.1) is 0 Å². The Morgan fingerprint density at radius 2 is 2.44 bits per heavy atom. The molecule has 0 aromatic carbocycles. The standard InChI is InChI=1S/C11H13N3O3S/c12-10(18)9-6-14(3-4-17-9)11(16)7-1-2-13-5-8(7)15/h1-2,5,9,15H,3-4,6H2,(H2,12,18). The van der Waals surface area contributed by atoms with Crippen molar-refractivity contribution in [2.24, 2.45) is 5.73 Å². The maximum Gasteiger partial charge on any atom is 0.257 e. The first-order valence-corrected chi connectivity index (χ1v) is 5.83. The van der Waals surface area contributed by atoms with Gasteiger partial charge in [0.1, 0.15) is 16.8 Å². The summed E-state index contributed by atoms with van der Waals surface area (Å²) in [6, 6.07) is 1.48. The van der Waals surface area contributed by atoms with E-state index in [1.165, 1.54) is 18.5 Å². The maximum atomic E-state index is 12.2. The van der Waals surface area contributed by atoms with E-state index in [2.05, 4.69) is 4.98 Å². The van der Waals surface area contributed by atoms with Crippen molar-refractivity contribution in [1.82, 2.24) is 9.88 Å². The van der Waals surface area contributed by atoms with Gasteiger partial charge in [-0.2, -0.15) is 0 Å². The maximum absolute atomic E-state index is 12.2. The van der Waals surface area contributed by atoms with Gasteiger partial charge in [0.25, 0.3) is 5.91 Å². The number of carbonyl (C=O) groups excluding carboxylic acids is 1. The van der Waals surface area contributed by atoms with Crippen LogP contribution in [0.15, 0.2) is 18.5 Å². The van der Waals surface area contributed by atoms with Crippen LogP contribution < -0.4 is 5.73 Å². The lowest BCUT2D eigenvalue weighted by atomic mass is 10.2. The Morgan fingerprint density at radius 1 is 1.67 bits per heavy atom. The van der Waals surface area contributed by atoms with Gasteiger partial charge in [0.15, 0.2) is 0 Å². The van der Waals surface area contributed by atoms with Crippen molar-refractivity contribution < 1.29 is 14.6 Å². The topological polar surface area (TPSA) is 88.7 Å². The molecule has 1 atom stereocenters. The van der Waals surface area contributed by atoms with Gasteiger partial charge >= 0.3 is 0 Å². The number of amides is 1. The van der Waals surface area contributed by atoms with E-state index in [1.807, 2.05) is 0 Å². The summed E-state index contributed by atoms with van der Waals surface area (Å²) in [6.45, 7) is 1.12. The van der Waals surface area contributed by atoms with Crippen LogP contribution in [-0.4, -0.2) is 51.7 Å². The summed E-state index contributed by atoms with van der Waals surface area (Å²) in [5.74, 6) is -0.416. The molecular formula is C11H13N3O3S. The Morgan fingerprint density at radius 3 is 3.11 bits per heavy atom. The number of aromatic hydroxyl groups is 1. The Kier molecular flexibility index (Phi) is 3.73. The number of hydrogen-bond acceptors (Lipinski definition) is 5. The summed E-state index contributed by atoms with van der Waals surface area (Å²) in [4.78, 5) is 17.7. The zero-order valence-electron chi connectivity index (χ0n) is 9.57. The molecule has 1 unspecified atom stereocenters. The first-order valence-electron chi connectivity index (χ1n) is 5.42. The molecule has 0 radical (unpaired) electrons.